The van der Waals surface area contributed by atoms with Crippen LogP contribution in [0.3, 0.4) is 0 Å². The number of hydrogen-bond donors (Lipinski definition) is 0. The van der Waals surface area contributed by atoms with Gasteiger partial charge >= 0.3 is 5.97 Å². The van der Waals surface area contributed by atoms with Crippen LogP contribution in [-0.2, 0) is 14.3 Å². The lowest BCUT2D eigenvalue weighted by atomic mass is 9.48. The Morgan fingerprint density at radius 3 is 2.58 bits per heavy atom. The van der Waals surface area contributed by atoms with Crippen LogP contribution < -0.4 is 0 Å². The molecule has 0 amide bonds. The molecular formula is C21H30O3. The number of esters is 1. The number of rotatable bonds is 1. The fourth-order valence-electron chi connectivity index (χ4n) is 6.73. The molecule has 4 aliphatic rings. The Labute approximate surface area is 145 Å². The summed E-state index contributed by atoms with van der Waals surface area (Å²) in [7, 11) is 0. The minimum absolute atomic E-state index is 0.0438. The van der Waals surface area contributed by atoms with Gasteiger partial charge in [-0.25, -0.2) is 0 Å². The van der Waals surface area contributed by atoms with Crippen molar-refractivity contribution >= 4 is 11.8 Å². The van der Waals surface area contributed by atoms with Gasteiger partial charge in [-0.1, -0.05) is 25.5 Å². The Hall–Kier alpha value is -1.12. The van der Waals surface area contributed by atoms with E-state index >= 15 is 0 Å². The molecule has 24 heavy (non-hydrogen) atoms. The molecule has 0 aromatic rings. The Balaban J connectivity index is 1.60. The van der Waals surface area contributed by atoms with E-state index in [9.17, 15) is 9.59 Å². The Bertz CT molecular complexity index is 606. The van der Waals surface area contributed by atoms with Gasteiger partial charge in [0.2, 0.25) is 0 Å². The number of fused-ring (bicyclic) bond motifs is 5. The molecular weight excluding hydrogens is 300 g/mol. The third-order valence-electron chi connectivity index (χ3n) is 8.10. The molecule has 0 aromatic carbocycles. The molecule has 0 N–H and O–H groups in total. The summed E-state index contributed by atoms with van der Waals surface area (Å²) < 4.78 is 5.50. The second-order valence-electron chi connectivity index (χ2n) is 9.15. The zero-order chi connectivity index (χ0) is 17.1. The predicted molar refractivity (Wildman–Crippen MR) is 92.3 cm³/mol. The van der Waals surface area contributed by atoms with E-state index in [1.165, 1.54) is 18.9 Å². The fraction of sp³-hybridized carbons (Fsp3) is 0.810. The van der Waals surface area contributed by atoms with Crippen molar-refractivity contribution in [3.05, 3.63) is 11.6 Å². The molecule has 0 aliphatic heterocycles. The van der Waals surface area contributed by atoms with Gasteiger partial charge in [0.05, 0.1) is 0 Å². The molecule has 0 saturated heterocycles. The summed E-state index contributed by atoms with van der Waals surface area (Å²) in [5.74, 6) is 2.33. The fourth-order valence-corrected chi connectivity index (χ4v) is 6.73. The highest BCUT2D eigenvalue weighted by molar-refractivity contribution is 5.87. The van der Waals surface area contributed by atoms with Crippen LogP contribution in [0.15, 0.2) is 11.6 Å². The summed E-state index contributed by atoms with van der Waals surface area (Å²) in [6.07, 6.45) is 10.8. The number of hydrogen-bond acceptors (Lipinski definition) is 3. The number of allylic oxidation sites excluding steroid dienone is 1. The molecule has 3 nitrogen and oxygen atoms in total. The highest BCUT2D eigenvalue weighted by Gasteiger charge is 2.58. The summed E-state index contributed by atoms with van der Waals surface area (Å²) in [6.45, 7) is 6.19. The van der Waals surface area contributed by atoms with Crippen molar-refractivity contribution in [1.29, 1.82) is 0 Å². The molecule has 4 aliphatic carbocycles. The number of ketones is 1. The maximum atomic E-state index is 12.4. The van der Waals surface area contributed by atoms with Crippen LogP contribution in [0.5, 0.6) is 0 Å². The van der Waals surface area contributed by atoms with E-state index in [0.717, 1.165) is 44.9 Å². The predicted octanol–water partition coefficient (Wildman–Crippen LogP) is 4.45. The van der Waals surface area contributed by atoms with Crippen molar-refractivity contribution in [2.24, 2.45) is 28.6 Å². The van der Waals surface area contributed by atoms with Gasteiger partial charge in [0, 0.05) is 25.2 Å². The second kappa shape index (κ2) is 5.44. The lowest BCUT2D eigenvalue weighted by Gasteiger charge is -2.56. The van der Waals surface area contributed by atoms with Crippen molar-refractivity contribution in [2.45, 2.75) is 78.2 Å². The van der Waals surface area contributed by atoms with Crippen LogP contribution in [-0.4, -0.2) is 17.9 Å². The van der Waals surface area contributed by atoms with E-state index in [4.69, 9.17) is 4.74 Å². The van der Waals surface area contributed by atoms with E-state index in [2.05, 4.69) is 19.9 Å². The molecule has 4 unspecified atom stereocenters. The van der Waals surface area contributed by atoms with Gasteiger partial charge in [0.15, 0.2) is 0 Å². The number of ether oxygens (including phenoxy) is 1. The maximum absolute atomic E-state index is 12.4. The van der Waals surface area contributed by atoms with Gasteiger partial charge < -0.3 is 4.74 Å². The van der Waals surface area contributed by atoms with E-state index in [1.807, 2.05) is 0 Å². The van der Waals surface area contributed by atoms with Crippen LogP contribution >= 0.6 is 0 Å². The maximum Gasteiger partial charge on any atom is 0.302 e. The van der Waals surface area contributed by atoms with Gasteiger partial charge in [0.25, 0.3) is 0 Å². The summed E-state index contributed by atoms with van der Waals surface area (Å²) in [5, 5.41) is 0. The minimum Gasteiger partial charge on any atom is -0.462 e. The first-order valence-electron chi connectivity index (χ1n) is 9.74. The average Bonchev–Trinajstić information content (AvgIpc) is 2.83. The molecule has 0 aromatic heterocycles. The van der Waals surface area contributed by atoms with Gasteiger partial charge in [0.1, 0.15) is 11.9 Å². The normalized spacial score (nSPS) is 47.3. The highest BCUT2D eigenvalue weighted by Crippen LogP contribution is 2.64. The molecule has 3 fully saturated rings. The summed E-state index contributed by atoms with van der Waals surface area (Å²) in [6, 6.07) is 0. The lowest BCUT2D eigenvalue weighted by molar-refractivity contribution is -0.148. The molecule has 0 heterocycles. The summed E-state index contributed by atoms with van der Waals surface area (Å²) >= 11 is 0. The molecule has 132 valence electrons. The van der Waals surface area contributed by atoms with Gasteiger partial charge in [-0.15, -0.1) is 0 Å². The largest absolute Gasteiger partial charge is 0.462 e. The lowest BCUT2D eigenvalue weighted by Crippen LogP contribution is -2.50. The first kappa shape index (κ1) is 16.4. The molecule has 4 rings (SSSR count). The zero-order valence-electron chi connectivity index (χ0n) is 15.3. The molecule has 3 heteroatoms. The Kier molecular flexibility index (Phi) is 3.71. The average molecular weight is 330 g/mol. The van der Waals surface area contributed by atoms with E-state index in [1.54, 1.807) is 0 Å². The number of carbonyl (C=O) groups excluding carboxylic acids is 2. The third-order valence-corrected chi connectivity index (χ3v) is 8.10. The Morgan fingerprint density at radius 1 is 1.12 bits per heavy atom. The van der Waals surface area contributed by atoms with Gasteiger partial charge in [-0.05, 0) is 61.7 Å². The molecule has 0 radical (unpaired) electrons. The van der Waals surface area contributed by atoms with Crippen LogP contribution in [0.4, 0.5) is 0 Å². The minimum atomic E-state index is -0.157. The molecule has 6 atom stereocenters. The Morgan fingerprint density at radius 2 is 1.83 bits per heavy atom. The topological polar surface area (TPSA) is 43.4 Å². The van der Waals surface area contributed by atoms with Crippen molar-refractivity contribution in [1.82, 2.24) is 0 Å². The first-order valence-corrected chi connectivity index (χ1v) is 9.74. The number of carbonyl (C=O) groups is 2. The van der Waals surface area contributed by atoms with Crippen molar-refractivity contribution in [3.8, 4) is 0 Å². The van der Waals surface area contributed by atoms with Crippen molar-refractivity contribution in [3.63, 3.8) is 0 Å². The van der Waals surface area contributed by atoms with Crippen molar-refractivity contribution < 1.29 is 14.3 Å². The second-order valence-corrected chi connectivity index (χ2v) is 9.15. The molecule has 0 spiro atoms. The summed E-state index contributed by atoms with van der Waals surface area (Å²) in [5.41, 5.74) is 1.74. The van der Waals surface area contributed by atoms with E-state index in [0.29, 0.717) is 23.5 Å². The smallest absolute Gasteiger partial charge is 0.302 e. The zero-order valence-corrected chi connectivity index (χ0v) is 15.3. The molecule has 0 bridgehead atoms. The standard InChI is InChI=1S/C21H30O3/c1-13(22)24-15-8-10-20(2)14(12-15)4-5-16-17-6-7-19(23)21(17,3)11-9-18(16)20/h4,15-18H,5-12H2,1-3H3/t15-,16?,17-,18?,20?,21?/m0/s1. The van der Waals surface area contributed by atoms with Crippen LogP contribution in [0.25, 0.3) is 0 Å². The first-order chi connectivity index (χ1) is 11.3. The van der Waals surface area contributed by atoms with E-state index in [-0.39, 0.29) is 22.9 Å². The van der Waals surface area contributed by atoms with Crippen LogP contribution in [0, 0.1) is 28.6 Å². The van der Waals surface area contributed by atoms with Crippen LogP contribution in [0.1, 0.15) is 72.1 Å². The van der Waals surface area contributed by atoms with Gasteiger partial charge in [-0.2, -0.15) is 0 Å². The SMILES string of the molecule is CC(=O)O[C@H]1CCC2(C)C(=CCC3C2CCC2(C)C(=O)CC[C@@H]32)C1. The molecule has 3 saturated carbocycles. The summed E-state index contributed by atoms with van der Waals surface area (Å²) in [4.78, 5) is 23.7. The quantitative estimate of drug-likeness (QED) is 0.527. The monoisotopic (exact) mass is 330 g/mol. The van der Waals surface area contributed by atoms with E-state index < -0.39 is 0 Å². The third kappa shape index (κ3) is 2.23. The van der Waals surface area contributed by atoms with Crippen molar-refractivity contribution in [2.75, 3.05) is 0 Å². The number of Topliss-reactive ketones (excluding diaryl/α,β-unsaturated/α-hetero) is 1. The van der Waals surface area contributed by atoms with Gasteiger partial charge in [-0.3, -0.25) is 9.59 Å². The highest BCUT2D eigenvalue weighted by atomic mass is 16.5. The van der Waals surface area contributed by atoms with Crippen LogP contribution in [0.2, 0.25) is 0 Å².